The van der Waals surface area contributed by atoms with Gasteiger partial charge in [-0.1, -0.05) is 0 Å². The van der Waals surface area contributed by atoms with E-state index in [4.69, 9.17) is 11.6 Å². The maximum atomic E-state index is 5.85. The van der Waals surface area contributed by atoms with Crippen molar-refractivity contribution in [3.05, 3.63) is 40.4 Å². The molecule has 0 saturated carbocycles. The Morgan fingerprint density at radius 1 is 1.47 bits per heavy atom. The van der Waals surface area contributed by atoms with Gasteiger partial charge in [0.15, 0.2) is 0 Å². The zero-order valence-corrected chi connectivity index (χ0v) is 10.5. The molecule has 2 aromatic heterocycles. The van der Waals surface area contributed by atoms with Gasteiger partial charge in [0.1, 0.15) is 0 Å². The molecule has 78 valence electrons. The second kappa shape index (κ2) is 4.33. The summed E-state index contributed by atoms with van der Waals surface area (Å²) in [6.45, 7) is 1.94. The van der Waals surface area contributed by atoms with E-state index in [1.54, 1.807) is 17.1 Å². The topological polar surface area (TPSA) is 30.7 Å². The molecule has 0 aliphatic rings. The van der Waals surface area contributed by atoms with E-state index in [1.165, 1.54) is 0 Å². The largest absolute Gasteiger partial charge is 0.261 e. The Morgan fingerprint density at radius 3 is 2.87 bits per heavy atom. The van der Waals surface area contributed by atoms with Gasteiger partial charge in [0.2, 0.25) is 0 Å². The molecule has 0 spiro atoms. The molecule has 2 aromatic rings. The number of pyridine rings is 1. The summed E-state index contributed by atoms with van der Waals surface area (Å²) < 4.78 is 2.73. The molecule has 0 radical (unpaired) electrons. The van der Waals surface area contributed by atoms with Gasteiger partial charge in [-0.15, -0.1) is 11.6 Å². The molecule has 0 aliphatic carbocycles. The van der Waals surface area contributed by atoms with Crippen LogP contribution < -0.4 is 0 Å². The molecule has 0 fully saturated rings. The van der Waals surface area contributed by atoms with Crippen LogP contribution in [0.3, 0.4) is 0 Å². The lowest BCUT2D eigenvalue weighted by atomic mass is 10.2. The van der Waals surface area contributed by atoms with Crippen LogP contribution in [0.25, 0.3) is 5.69 Å². The molecular formula is C10H9BrClN3. The van der Waals surface area contributed by atoms with Gasteiger partial charge < -0.3 is 0 Å². The summed E-state index contributed by atoms with van der Waals surface area (Å²) >= 11 is 9.21. The van der Waals surface area contributed by atoms with Crippen LogP contribution in [-0.4, -0.2) is 14.8 Å². The zero-order valence-electron chi connectivity index (χ0n) is 8.11. The second-order valence-electron chi connectivity index (χ2n) is 3.19. The van der Waals surface area contributed by atoms with E-state index < -0.39 is 0 Å². The van der Waals surface area contributed by atoms with Crippen LogP contribution in [0.15, 0.2) is 29.1 Å². The molecule has 2 heterocycles. The Kier molecular flexibility index (Phi) is 3.07. The molecule has 2 rings (SSSR count). The van der Waals surface area contributed by atoms with Crippen molar-refractivity contribution in [1.82, 2.24) is 14.8 Å². The Hall–Kier alpha value is -0.870. The maximum absolute atomic E-state index is 5.85. The molecule has 15 heavy (non-hydrogen) atoms. The summed E-state index contributed by atoms with van der Waals surface area (Å²) in [6.07, 6.45) is 5.42. The average molecular weight is 287 g/mol. The van der Waals surface area contributed by atoms with Crippen LogP contribution >= 0.6 is 27.5 Å². The van der Waals surface area contributed by atoms with Gasteiger partial charge in [-0.25, -0.2) is 4.68 Å². The summed E-state index contributed by atoms with van der Waals surface area (Å²) in [5, 5.41) is 4.22. The molecular weight excluding hydrogens is 277 g/mol. The summed E-state index contributed by atoms with van der Waals surface area (Å²) in [5.41, 5.74) is 2.89. The number of nitrogens with zero attached hydrogens (tertiary/aromatic N) is 3. The third kappa shape index (κ3) is 2.21. The number of halogens is 2. The van der Waals surface area contributed by atoms with E-state index >= 15 is 0 Å². The van der Waals surface area contributed by atoms with Gasteiger partial charge in [0, 0.05) is 23.7 Å². The summed E-state index contributed by atoms with van der Waals surface area (Å²) in [4.78, 5) is 4.21. The fourth-order valence-corrected chi connectivity index (χ4v) is 1.81. The van der Waals surface area contributed by atoms with Crippen LogP contribution in [0.2, 0.25) is 0 Å². The van der Waals surface area contributed by atoms with Crippen molar-refractivity contribution in [2.75, 3.05) is 0 Å². The van der Waals surface area contributed by atoms with Gasteiger partial charge in [-0.2, -0.15) is 5.10 Å². The lowest BCUT2D eigenvalue weighted by Gasteiger charge is -2.07. The highest BCUT2D eigenvalue weighted by Crippen LogP contribution is 2.18. The van der Waals surface area contributed by atoms with Crippen LogP contribution in [0, 0.1) is 6.92 Å². The molecule has 0 unspecified atom stereocenters. The standard InChI is InChI=1S/C10H9BrClN3/c1-7-2-10(8(3-12)4-13-7)15-6-9(11)5-14-15/h2,4-6H,3H2,1H3. The van der Waals surface area contributed by atoms with Crippen molar-refractivity contribution in [3.8, 4) is 5.69 Å². The molecule has 3 nitrogen and oxygen atoms in total. The third-order valence-corrected chi connectivity index (χ3v) is 2.74. The van der Waals surface area contributed by atoms with E-state index in [2.05, 4.69) is 26.0 Å². The van der Waals surface area contributed by atoms with Gasteiger partial charge >= 0.3 is 0 Å². The highest BCUT2D eigenvalue weighted by Gasteiger charge is 2.06. The first-order chi connectivity index (χ1) is 7.20. The summed E-state index contributed by atoms with van der Waals surface area (Å²) in [5.74, 6) is 0.431. The predicted octanol–water partition coefficient (Wildman–Crippen LogP) is 3.08. The predicted molar refractivity (Wildman–Crippen MR) is 63.4 cm³/mol. The highest BCUT2D eigenvalue weighted by atomic mass is 79.9. The fraction of sp³-hybridized carbons (Fsp3) is 0.200. The van der Waals surface area contributed by atoms with Crippen molar-refractivity contribution in [3.63, 3.8) is 0 Å². The molecule has 0 bridgehead atoms. The Balaban J connectivity index is 2.55. The molecule has 0 amide bonds. The minimum atomic E-state index is 0.431. The van der Waals surface area contributed by atoms with Crippen molar-refractivity contribution >= 4 is 27.5 Å². The Labute approximate surface area is 101 Å². The number of aryl methyl sites for hydroxylation is 1. The van der Waals surface area contributed by atoms with E-state index in [1.807, 2.05) is 19.2 Å². The van der Waals surface area contributed by atoms with Crippen molar-refractivity contribution in [2.45, 2.75) is 12.8 Å². The first kappa shape index (κ1) is 10.6. The number of hydrogen-bond donors (Lipinski definition) is 0. The van der Waals surface area contributed by atoms with Crippen molar-refractivity contribution in [2.24, 2.45) is 0 Å². The van der Waals surface area contributed by atoms with Gasteiger partial charge in [0.25, 0.3) is 0 Å². The van der Waals surface area contributed by atoms with Crippen LogP contribution in [0.5, 0.6) is 0 Å². The zero-order chi connectivity index (χ0) is 10.8. The monoisotopic (exact) mass is 285 g/mol. The van der Waals surface area contributed by atoms with Crippen molar-refractivity contribution < 1.29 is 0 Å². The van der Waals surface area contributed by atoms with E-state index in [0.717, 1.165) is 21.4 Å². The molecule has 0 atom stereocenters. The molecule has 0 aliphatic heterocycles. The lowest BCUT2D eigenvalue weighted by Crippen LogP contribution is -2.00. The van der Waals surface area contributed by atoms with Gasteiger partial charge in [-0.3, -0.25) is 4.98 Å². The number of rotatable bonds is 2. The number of alkyl halides is 1. The van der Waals surface area contributed by atoms with Gasteiger partial charge in [0.05, 0.1) is 22.2 Å². The van der Waals surface area contributed by atoms with E-state index in [9.17, 15) is 0 Å². The van der Waals surface area contributed by atoms with E-state index in [0.29, 0.717) is 5.88 Å². The second-order valence-corrected chi connectivity index (χ2v) is 4.37. The minimum absolute atomic E-state index is 0.431. The molecule has 5 heteroatoms. The molecule has 0 aromatic carbocycles. The Bertz CT molecular complexity index is 481. The average Bonchev–Trinajstić information content (AvgIpc) is 2.65. The van der Waals surface area contributed by atoms with E-state index in [-0.39, 0.29) is 0 Å². The molecule has 0 N–H and O–H groups in total. The van der Waals surface area contributed by atoms with Crippen LogP contribution in [0.1, 0.15) is 11.3 Å². The van der Waals surface area contributed by atoms with Gasteiger partial charge in [-0.05, 0) is 28.9 Å². The molecule has 0 saturated heterocycles. The quantitative estimate of drug-likeness (QED) is 0.794. The highest BCUT2D eigenvalue weighted by molar-refractivity contribution is 9.10. The smallest absolute Gasteiger partial charge is 0.0723 e. The summed E-state index contributed by atoms with van der Waals surface area (Å²) in [6, 6.07) is 1.97. The first-order valence-corrected chi connectivity index (χ1v) is 5.75. The lowest BCUT2D eigenvalue weighted by molar-refractivity contribution is 0.863. The van der Waals surface area contributed by atoms with Crippen LogP contribution in [0.4, 0.5) is 0 Å². The Morgan fingerprint density at radius 2 is 2.27 bits per heavy atom. The van der Waals surface area contributed by atoms with Crippen molar-refractivity contribution in [1.29, 1.82) is 0 Å². The first-order valence-electron chi connectivity index (χ1n) is 4.42. The minimum Gasteiger partial charge on any atom is -0.261 e. The normalized spacial score (nSPS) is 10.6. The number of aromatic nitrogens is 3. The number of hydrogen-bond acceptors (Lipinski definition) is 2. The summed E-state index contributed by atoms with van der Waals surface area (Å²) in [7, 11) is 0. The maximum Gasteiger partial charge on any atom is 0.0723 e. The SMILES string of the molecule is Cc1cc(-n2cc(Br)cn2)c(CCl)cn1. The van der Waals surface area contributed by atoms with Crippen LogP contribution in [-0.2, 0) is 5.88 Å². The third-order valence-electron chi connectivity index (χ3n) is 2.04. The fourth-order valence-electron chi connectivity index (χ4n) is 1.32.